The number of fused-ring (bicyclic) bond motifs is 2. The Bertz CT molecular complexity index is 1810. The number of nitrogens with one attached hydrogen (secondary N) is 3. The number of amides is 1. The first-order chi connectivity index (χ1) is 19.0. The van der Waals surface area contributed by atoms with E-state index in [2.05, 4.69) is 68.6 Å². The Morgan fingerprint density at radius 2 is 1.95 bits per heavy atom. The number of carbonyl (C=O) groups excluding carboxylic acids is 1. The highest BCUT2D eigenvalue weighted by Crippen LogP contribution is 2.33. The van der Waals surface area contributed by atoms with Crippen molar-refractivity contribution in [3.8, 4) is 28.3 Å². The summed E-state index contributed by atoms with van der Waals surface area (Å²) in [5.74, 6) is 0.707. The highest BCUT2D eigenvalue weighted by molar-refractivity contribution is 5.97. The Hall–Kier alpha value is -4.79. The first kappa shape index (κ1) is 24.5. The van der Waals surface area contributed by atoms with Crippen molar-refractivity contribution < 1.29 is 4.79 Å². The maximum absolute atomic E-state index is 12.4. The molecule has 3 N–H and O–H groups in total. The van der Waals surface area contributed by atoms with Crippen molar-refractivity contribution in [1.82, 2.24) is 34.7 Å². The number of anilines is 1. The second-order valence-electron chi connectivity index (χ2n) is 9.82. The lowest BCUT2D eigenvalue weighted by molar-refractivity contribution is -0.116. The van der Waals surface area contributed by atoms with Gasteiger partial charge < -0.3 is 14.9 Å². The Morgan fingerprint density at radius 3 is 2.74 bits per heavy atom. The number of hydrogen-bond acceptors (Lipinski definition) is 5. The van der Waals surface area contributed by atoms with Crippen LogP contribution in [0.3, 0.4) is 0 Å². The fourth-order valence-corrected chi connectivity index (χ4v) is 4.84. The third-order valence-electron chi connectivity index (χ3n) is 6.93. The van der Waals surface area contributed by atoms with Gasteiger partial charge in [-0.2, -0.15) is 5.10 Å². The fourth-order valence-electron chi connectivity index (χ4n) is 4.84. The van der Waals surface area contributed by atoms with Crippen LogP contribution < -0.4 is 5.32 Å². The van der Waals surface area contributed by atoms with Gasteiger partial charge in [-0.3, -0.25) is 14.9 Å². The number of benzene rings is 2. The monoisotopic (exact) mass is 518 g/mol. The van der Waals surface area contributed by atoms with Crippen LogP contribution >= 0.6 is 0 Å². The average Bonchev–Trinajstić information content (AvgIpc) is 3.68. The van der Waals surface area contributed by atoms with E-state index in [1.54, 1.807) is 18.7 Å². The minimum Gasteiger partial charge on any atom is -0.335 e. The molecule has 0 fully saturated rings. The fraction of sp³-hybridized carbons (Fsp3) is 0.233. The SMILES string of the molecule is CCCCC(=O)Nc1cc(CC)cc(-c2ccc3[nH]nc(-c4nc5c(-n6cnc(C)c6)cncc5[nH]4)c3c2)c1. The van der Waals surface area contributed by atoms with Gasteiger partial charge in [-0.15, -0.1) is 0 Å². The molecule has 0 aliphatic heterocycles. The van der Waals surface area contributed by atoms with E-state index in [-0.39, 0.29) is 5.91 Å². The summed E-state index contributed by atoms with van der Waals surface area (Å²) in [6.45, 7) is 6.16. The van der Waals surface area contributed by atoms with E-state index < -0.39 is 0 Å². The topological polar surface area (TPSA) is 117 Å². The molecule has 0 bridgehead atoms. The van der Waals surface area contributed by atoms with Crippen LogP contribution in [0, 0.1) is 6.92 Å². The highest BCUT2D eigenvalue weighted by atomic mass is 16.1. The molecule has 6 aromatic rings. The Labute approximate surface area is 225 Å². The second-order valence-corrected chi connectivity index (χ2v) is 9.82. The minimum absolute atomic E-state index is 0.0493. The summed E-state index contributed by atoms with van der Waals surface area (Å²) < 4.78 is 1.93. The van der Waals surface area contributed by atoms with Gasteiger partial charge in [0.15, 0.2) is 5.82 Å². The molecule has 0 aliphatic carbocycles. The molecular formula is C30H30N8O. The van der Waals surface area contributed by atoms with Crippen molar-refractivity contribution in [1.29, 1.82) is 0 Å². The summed E-state index contributed by atoms with van der Waals surface area (Å²) in [5, 5.41) is 11.8. The first-order valence-corrected chi connectivity index (χ1v) is 13.3. The number of H-pyrrole nitrogens is 2. The van der Waals surface area contributed by atoms with Gasteiger partial charge in [0.25, 0.3) is 0 Å². The van der Waals surface area contributed by atoms with Crippen molar-refractivity contribution >= 4 is 33.5 Å². The van der Waals surface area contributed by atoms with Gasteiger partial charge in [0.1, 0.15) is 11.2 Å². The quantitative estimate of drug-likeness (QED) is 0.217. The Balaban J connectivity index is 1.40. The van der Waals surface area contributed by atoms with Crippen LogP contribution in [0.1, 0.15) is 44.4 Å². The molecule has 39 heavy (non-hydrogen) atoms. The van der Waals surface area contributed by atoms with E-state index in [1.807, 2.05) is 29.8 Å². The van der Waals surface area contributed by atoms with Crippen LogP contribution in [-0.2, 0) is 11.2 Å². The van der Waals surface area contributed by atoms with Gasteiger partial charge in [0.2, 0.25) is 5.91 Å². The Morgan fingerprint density at radius 1 is 1.05 bits per heavy atom. The first-order valence-electron chi connectivity index (χ1n) is 13.3. The summed E-state index contributed by atoms with van der Waals surface area (Å²) in [6.07, 6.45) is 10.5. The second kappa shape index (κ2) is 10.2. The molecule has 0 radical (unpaired) electrons. The van der Waals surface area contributed by atoms with Crippen molar-refractivity contribution in [2.24, 2.45) is 0 Å². The number of hydrogen-bond donors (Lipinski definition) is 3. The van der Waals surface area contributed by atoms with Crippen molar-refractivity contribution in [3.05, 3.63) is 72.6 Å². The van der Waals surface area contributed by atoms with Crippen molar-refractivity contribution in [2.75, 3.05) is 5.32 Å². The predicted octanol–water partition coefficient (Wildman–Crippen LogP) is 6.35. The number of pyridine rings is 1. The highest BCUT2D eigenvalue weighted by Gasteiger charge is 2.17. The number of carbonyl (C=O) groups is 1. The van der Waals surface area contributed by atoms with Crippen LogP contribution in [0.4, 0.5) is 5.69 Å². The van der Waals surface area contributed by atoms with Crippen molar-refractivity contribution in [2.45, 2.75) is 46.5 Å². The number of imidazole rings is 2. The lowest BCUT2D eigenvalue weighted by Crippen LogP contribution is -2.11. The number of nitrogens with zero attached hydrogens (tertiary/aromatic N) is 5. The van der Waals surface area contributed by atoms with Crippen LogP contribution in [0.15, 0.2) is 61.3 Å². The number of aryl methyl sites for hydroxylation is 2. The standard InChI is InChI=1S/C30H30N8O/c1-4-6-7-27(39)33-22-11-19(5-2)10-21(12-22)20-8-9-24-23(13-20)28(37-36-24)30-34-25-14-31-15-26(29(25)35-30)38-16-18(3)32-17-38/h8-17H,4-7H2,1-3H3,(H,33,39)(H,34,35)(H,36,37). The molecule has 4 heterocycles. The number of aromatic nitrogens is 7. The lowest BCUT2D eigenvalue weighted by Gasteiger charge is -2.11. The molecule has 0 saturated carbocycles. The summed E-state index contributed by atoms with van der Waals surface area (Å²) in [4.78, 5) is 29.5. The molecule has 196 valence electrons. The number of rotatable bonds is 8. The maximum atomic E-state index is 12.4. The van der Waals surface area contributed by atoms with Crippen LogP contribution in [0.25, 0.3) is 50.3 Å². The van der Waals surface area contributed by atoms with E-state index in [1.165, 1.54) is 0 Å². The molecule has 0 aliphatic rings. The molecule has 2 aromatic carbocycles. The smallest absolute Gasteiger partial charge is 0.224 e. The molecule has 1 amide bonds. The lowest BCUT2D eigenvalue weighted by atomic mass is 9.99. The van der Waals surface area contributed by atoms with E-state index in [0.29, 0.717) is 12.2 Å². The Kier molecular flexibility index (Phi) is 6.40. The molecule has 9 nitrogen and oxygen atoms in total. The summed E-state index contributed by atoms with van der Waals surface area (Å²) in [7, 11) is 0. The molecular weight excluding hydrogens is 488 g/mol. The molecule has 0 spiro atoms. The van der Waals surface area contributed by atoms with E-state index in [0.717, 1.165) is 80.7 Å². The molecule has 9 heteroatoms. The van der Waals surface area contributed by atoms with Gasteiger partial charge in [-0.25, -0.2) is 9.97 Å². The summed E-state index contributed by atoms with van der Waals surface area (Å²) >= 11 is 0. The van der Waals surface area contributed by atoms with Gasteiger partial charge in [0.05, 0.1) is 41.1 Å². The van der Waals surface area contributed by atoms with Gasteiger partial charge in [0, 0.05) is 23.7 Å². The third-order valence-corrected chi connectivity index (χ3v) is 6.93. The van der Waals surface area contributed by atoms with Crippen molar-refractivity contribution in [3.63, 3.8) is 0 Å². The molecule has 6 rings (SSSR count). The van der Waals surface area contributed by atoms with E-state index >= 15 is 0 Å². The molecule has 4 aromatic heterocycles. The van der Waals surface area contributed by atoms with Crippen LogP contribution in [-0.4, -0.2) is 40.6 Å². The zero-order chi connectivity index (χ0) is 26.9. The van der Waals surface area contributed by atoms with Gasteiger partial charge in [-0.05, 0) is 60.7 Å². The molecule has 0 saturated heterocycles. The zero-order valence-electron chi connectivity index (χ0n) is 22.2. The van der Waals surface area contributed by atoms with Crippen LogP contribution in [0.5, 0.6) is 0 Å². The number of unbranched alkanes of at least 4 members (excludes halogenated alkanes) is 1. The minimum atomic E-state index is 0.0493. The average molecular weight is 519 g/mol. The largest absolute Gasteiger partial charge is 0.335 e. The third kappa shape index (κ3) is 4.79. The molecule has 0 unspecified atom stereocenters. The maximum Gasteiger partial charge on any atom is 0.224 e. The molecule has 0 atom stereocenters. The summed E-state index contributed by atoms with van der Waals surface area (Å²) in [5.41, 5.74) is 9.10. The van der Waals surface area contributed by atoms with E-state index in [4.69, 9.17) is 4.98 Å². The zero-order valence-corrected chi connectivity index (χ0v) is 22.2. The van der Waals surface area contributed by atoms with Gasteiger partial charge >= 0.3 is 0 Å². The number of aromatic amines is 2. The summed E-state index contributed by atoms with van der Waals surface area (Å²) in [6, 6.07) is 12.5. The normalized spacial score (nSPS) is 11.5. The van der Waals surface area contributed by atoms with E-state index in [9.17, 15) is 4.79 Å². The predicted molar refractivity (Wildman–Crippen MR) is 154 cm³/mol. The van der Waals surface area contributed by atoms with Gasteiger partial charge in [-0.1, -0.05) is 32.4 Å². The van der Waals surface area contributed by atoms with Crippen LogP contribution in [0.2, 0.25) is 0 Å².